The van der Waals surface area contributed by atoms with Crippen LogP contribution in [0.3, 0.4) is 0 Å². The predicted molar refractivity (Wildman–Crippen MR) is 104 cm³/mol. The van der Waals surface area contributed by atoms with Gasteiger partial charge in [0.1, 0.15) is 5.75 Å². The number of carbonyl (C=O) groups excluding carboxylic acids is 1. The quantitative estimate of drug-likeness (QED) is 0.801. The van der Waals surface area contributed by atoms with Gasteiger partial charge in [-0.2, -0.15) is 0 Å². The average molecular weight is 350 g/mol. The van der Waals surface area contributed by atoms with E-state index in [-0.39, 0.29) is 5.91 Å². The van der Waals surface area contributed by atoms with E-state index in [2.05, 4.69) is 35.2 Å². The minimum absolute atomic E-state index is 0.184. The van der Waals surface area contributed by atoms with Gasteiger partial charge in [-0.3, -0.25) is 9.69 Å². The number of hydrogen-bond donors (Lipinski definition) is 0. The fourth-order valence-corrected chi connectivity index (χ4v) is 3.77. The van der Waals surface area contributed by atoms with Crippen LogP contribution < -0.4 is 9.64 Å². The topological polar surface area (TPSA) is 32.8 Å². The Bertz CT molecular complexity index is 758. The van der Waals surface area contributed by atoms with Crippen LogP contribution in [-0.4, -0.2) is 43.6 Å². The molecule has 2 aromatic carbocycles. The first-order valence-electron chi connectivity index (χ1n) is 9.45. The molecule has 0 spiro atoms. The van der Waals surface area contributed by atoms with E-state index in [1.165, 1.54) is 18.4 Å². The van der Waals surface area contributed by atoms with Crippen LogP contribution in [0.15, 0.2) is 54.6 Å². The summed E-state index contributed by atoms with van der Waals surface area (Å²) in [5.41, 5.74) is 2.26. The van der Waals surface area contributed by atoms with Crippen molar-refractivity contribution in [2.75, 3.05) is 31.6 Å². The summed E-state index contributed by atoms with van der Waals surface area (Å²) in [4.78, 5) is 17.2. The minimum atomic E-state index is 0.184. The molecule has 1 aliphatic heterocycles. The summed E-state index contributed by atoms with van der Waals surface area (Å²) in [6.45, 7) is 2.29. The first kappa shape index (κ1) is 17.1. The van der Waals surface area contributed by atoms with Crippen molar-refractivity contribution in [3.63, 3.8) is 0 Å². The highest BCUT2D eigenvalue weighted by Crippen LogP contribution is 2.32. The van der Waals surface area contributed by atoms with E-state index in [1.54, 1.807) is 7.11 Å². The third-order valence-electron chi connectivity index (χ3n) is 5.42. The summed E-state index contributed by atoms with van der Waals surface area (Å²) in [5.74, 6) is 1.75. The molecule has 1 saturated heterocycles. The molecule has 1 atom stereocenters. The molecule has 2 aliphatic rings. The second-order valence-electron chi connectivity index (χ2n) is 7.42. The van der Waals surface area contributed by atoms with Crippen molar-refractivity contribution < 1.29 is 9.53 Å². The Hall–Kier alpha value is -2.33. The molecular weight excluding hydrogens is 324 g/mol. The van der Waals surface area contributed by atoms with E-state index in [0.29, 0.717) is 12.6 Å². The molecule has 136 valence electrons. The highest BCUT2D eigenvalue weighted by molar-refractivity contribution is 5.95. The Labute approximate surface area is 155 Å². The molecule has 0 bridgehead atoms. The molecule has 4 rings (SSSR count). The van der Waals surface area contributed by atoms with Crippen LogP contribution in [0.2, 0.25) is 0 Å². The SMILES string of the molecule is COc1cccc(N2CC(Cc3ccccc3)N(CC3CC3)CC2=O)c1. The zero-order chi connectivity index (χ0) is 17.9. The molecule has 1 saturated carbocycles. The smallest absolute Gasteiger partial charge is 0.241 e. The molecule has 2 aromatic rings. The van der Waals surface area contributed by atoms with Crippen molar-refractivity contribution in [1.82, 2.24) is 4.90 Å². The van der Waals surface area contributed by atoms with Gasteiger partial charge in [0, 0.05) is 30.9 Å². The van der Waals surface area contributed by atoms with Crippen molar-refractivity contribution in [2.24, 2.45) is 5.92 Å². The van der Waals surface area contributed by atoms with E-state index in [0.717, 1.165) is 36.9 Å². The van der Waals surface area contributed by atoms with E-state index in [4.69, 9.17) is 4.74 Å². The zero-order valence-corrected chi connectivity index (χ0v) is 15.3. The Kier molecular flexibility index (Phi) is 4.93. The summed E-state index contributed by atoms with van der Waals surface area (Å²) in [6, 6.07) is 18.8. The molecule has 4 nitrogen and oxygen atoms in total. The average Bonchev–Trinajstić information content (AvgIpc) is 3.49. The molecule has 2 fully saturated rings. The first-order chi connectivity index (χ1) is 12.7. The molecule has 0 radical (unpaired) electrons. The fraction of sp³-hybridized carbons (Fsp3) is 0.409. The van der Waals surface area contributed by atoms with Crippen molar-refractivity contribution in [3.05, 3.63) is 60.2 Å². The highest BCUT2D eigenvalue weighted by Gasteiger charge is 2.36. The molecule has 1 amide bonds. The molecule has 0 N–H and O–H groups in total. The number of hydrogen-bond acceptors (Lipinski definition) is 3. The minimum Gasteiger partial charge on any atom is -0.497 e. The summed E-state index contributed by atoms with van der Waals surface area (Å²) in [5, 5.41) is 0. The van der Waals surface area contributed by atoms with E-state index < -0.39 is 0 Å². The summed E-state index contributed by atoms with van der Waals surface area (Å²) in [6.07, 6.45) is 3.59. The van der Waals surface area contributed by atoms with E-state index >= 15 is 0 Å². The van der Waals surface area contributed by atoms with Gasteiger partial charge in [-0.25, -0.2) is 0 Å². The van der Waals surface area contributed by atoms with Crippen molar-refractivity contribution in [1.29, 1.82) is 0 Å². The standard InChI is InChI=1S/C22H26N2O2/c1-26-21-9-5-8-19(13-21)24-15-20(12-17-6-3-2-4-7-17)23(16-22(24)25)14-18-10-11-18/h2-9,13,18,20H,10-12,14-16H2,1H3. The largest absolute Gasteiger partial charge is 0.497 e. The molecule has 0 aromatic heterocycles. The normalized spacial score (nSPS) is 21.0. The van der Waals surface area contributed by atoms with Crippen LogP contribution in [0.1, 0.15) is 18.4 Å². The molecule has 1 heterocycles. The summed E-state index contributed by atoms with van der Waals surface area (Å²) < 4.78 is 5.34. The van der Waals surface area contributed by atoms with Crippen LogP contribution in [-0.2, 0) is 11.2 Å². The number of ether oxygens (including phenoxy) is 1. The lowest BCUT2D eigenvalue weighted by Crippen LogP contribution is -2.57. The van der Waals surface area contributed by atoms with Gasteiger partial charge in [0.15, 0.2) is 0 Å². The van der Waals surface area contributed by atoms with E-state index in [1.807, 2.05) is 29.2 Å². The fourth-order valence-electron chi connectivity index (χ4n) is 3.77. The van der Waals surface area contributed by atoms with Gasteiger partial charge in [-0.05, 0) is 42.9 Å². The number of benzene rings is 2. The van der Waals surface area contributed by atoms with Crippen LogP contribution in [0.25, 0.3) is 0 Å². The lowest BCUT2D eigenvalue weighted by molar-refractivity contribution is -0.122. The third kappa shape index (κ3) is 3.91. The lowest BCUT2D eigenvalue weighted by atomic mass is 10.0. The van der Waals surface area contributed by atoms with Gasteiger partial charge in [-0.1, -0.05) is 36.4 Å². The highest BCUT2D eigenvalue weighted by atomic mass is 16.5. The van der Waals surface area contributed by atoms with Gasteiger partial charge in [-0.15, -0.1) is 0 Å². The number of nitrogens with zero attached hydrogens (tertiary/aromatic N) is 2. The Morgan fingerprint density at radius 1 is 1.08 bits per heavy atom. The summed E-state index contributed by atoms with van der Waals surface area (Å²) in [7, 11) is 1.66. The molecule has 1 unspecified atom stereocenters. The number of amides is 1. The Morgan fingerprint density at radius 2 is 1.88 bits per heavy atom. The summed E-state index contributed by atoms with van der Waals surface area (Å²) >= 11 is 0. The zero-order valence-electron chi connectivity index (χ0n) is 15.3. The second-order valence-corrected chi connectivity index (χ2v) is 7.42. The Balaban J connectivity index is 1.56. The number of anilines is 1. The maximum Gasteiger partial charge on any atom is 0.241 e. The van der Waals surface area contributed by atoms with Crippen LogP contribution in [0.4, 0.5) is 5.69 Å². The van der Waals surface area contributed by atoms with Gasteiger partial charge in [0.25, 0.3) is 0 Å². The van der Waals surface area contributed by atoms with Gasteiger partial charge < -0.3 is 9.64 Å². The van der Waals surface area contributed by atoms with Crippen molar-refractivity contribution >= 4 is 11.6 Å². The van der Waals surface area contributed by atoms with Gasteiger partial charge in [0.2, 0.25) is 5.91 Å². The third-order valence-corrected chi connectivity index (χ3v) is 5.42. The Morgan fingerprint density at radius 3 is 2.62 bits per heavy atom. The maximum atomic E-state index is 12.8. The maximum absolute atomic E-state index is 12.8. The van der Waals surface area contributed by atoms with Crippen LogP contribution in [0.5, 0.6) is 5.75 Å². The first-order valence-corrected chi connectivity index (χ1v) is 9.45. The van der Waals surface area contributed by atoms with Crippen molar-refractivity contribution in [2.45, 2.75) is 25.3 Å². The number of piperazine rings is 1. The van der Waals surface area contributed by atoms with Gasteiger partial charge in [0.05, 0.1) is 13.7 Å². The van der Waals surface area contributed by atoms with Crippen LogP contribution in [0, 0.1) is 5.92 Å². The van der Waals surface area contributed by atoms with Crippen LogP contribution >= 0.6 is 0 Å². The predicted octanol–water partition coefficient (Wildman–Crippen LogP) is 3.37. The van der Waals surface area contributed by atoms with Crippen molar-refractivity contribution in [3.8, 4) is 5.75 Å². The monoisotopic (exact) mass is 350 g/mol. The molecular formula is C22H26N2O2. The lowest BCUT2D eigenvalue weighted by Gasteiger charge is -2.41. The number of rotatable bonds is 6. The molecule has 1 aliphatic carbocycles. The number of methoxy groups -OCH3 is 1. The van der Waals surface area contributed by atoms with E-state index in [9.17, 15) is 4.79 Å². The second kappa shape index (κ2) is 7.50. The molecule has 26 heavy (non-hydrogen) atoms. The molecule has 4 heteroatoms. The number of carbonyl (C=O) groups is 1. The van der Waals surface area contributed by atoms with Gasteiger partial charge >= 0.3 is 0 Å².